The Balaban J connectivity index is 2.34. The predicted octanol–water partition coefficient (Wildman–Crippen LogP) is 3.05. The minimum absolute atomic E-state index is 0.0510. The molecule has 0 amide bonds. The average Bonchev–Trinajstić information content (AvgIpc) is 2.60. The molecule has 0 radical (unpaired) electrons. The van der Waals surface area contributed by atoms with E-state index in [0.717, 1.165) is 21.1 Å². The second-order valence-electron chi connectivity index (χ2n) is 3.96. The highest BCUT2D eigenvalue weighted by Gasteiger charge is 2.11. The summed E-state index contributed by atoms with van der Waals surface area (Å²) in [4.78, 5) is 15.9. The molecular weight excluding hydrogens is 234 g/mol. The number of benzene rings is 1. The van der Waals surface area contributed by atoms with Gasteiger partial charge in [-0.15, -0.1) is 11.3 Å². The van der Waals surface area contributed by atoms with Crippen LogP contribution in [0.1, 0.15) is 16.1 Å². The van der Waals surface area contributed by atoms with Crippen LogP contribution in [0.25, 0.3) is 10.6 Å². The normalized spacial score (nSPS) is 10.5. The van der Waals surface area contributed by atoms with Crippen LogP contribution in [0.15, 0.2) is 24.3 Å². The Morgan fingerprint density at radius 1 is 1.29 bits per heavy atom. The molecule has 0 spiro atoms. The maximum absolute atomic E-state index is 10.7. The van der Waals surface area contributed by atoms with Crippen molar-refractivity contribution in [3.8, 4) is 10.6 Å². The Morgan fingerprint density at radius 3 is 2.53 bits per heavy atom. The van der Waals surface area contributed by atoms with Gasteiger partial charge in [-0.1, -0.05) is 29.8 Å². The summed E-state index contributed by atoms with van der Waals surface area (Å²) in [5.41, 5.74) is 3.06. The number of hydrogen-bond donors (Lipinski definition) is 1. The summed E-state index contributed by atoms with van der Waals surface area (Å²) in [5.74, 6) is -0.813. The first-order valence-electron chi connectivity index (χ1n) is 5.31. The largest absolute Gasteiger partial charge is 0.481 e. The molecule has 0 aliphatic rings. The molecule has 1 N–H and O–H groups in total. The van der Waals surface area contributed by atoms with Crippen LogP contribution < -0.4 is 0 Å². The lowest BCUT2D eigenvalue weighted by molar-refractivity contribution is -0.136. The van der Waals surface area contributed by atoms with Crippen molar-refractivity contribution >= 4 is 17.3 Å². The van der Waals surface area contributed by atoms with Crippen molar-refractivity contribution in [1.82, 2.24) is 4.98 Å². The summed E-state index contributed by atoms with van der Waals surface area (Å²) in [6.07, 6.45) is 0.0510. The molecule has 3 nitrogen and oxygen atoms in total. The molecule has 0 fully saturated rings. The van der Waals surface area contributed by atoms with Gasteiger partial charge in [0.15, 0.2) is 0 Å². The van der Waals surface area contributed by atoms with Crippen molar-refractivity contribution < 1.29 is 9.90 Å². The maximum atomic E-state index is 10.7. The monoisotopic (exact) mass is 247 g/mol. The van der Waals surface area contributed by atoms with Crippen LogP contribution >= 0.6 is 11.3 Å². The summed E-state index contributed by atoms with van der Waals surface area (Å²) in [5, 5.41) is 9.67. The Hall–Kier alpha value is -1.68. The SMILES string of the molecule is Cc1ccc(-c2nc(C)c(CC(=O)O)s2)cc1. The first kappa shape index (κ1) is 11.8. The van der Waals surface area contributed by atoms with Crippen molar-refractivity contribution in [2.45, 2.75) is 20.3 Å². The predicted molar refractivity (Wildman–Crippen MR) is 68.4 cm³/mol. The number of carboxylic acids is 1. The van der Waals surface area contributed by atoms with Gasteiger partial charge in [-0.2, -0.15) is 0 Å². The second-order valence-corrected chi connectivity index (χ2v) is 5.05. The van der Waals surface area contributed by atoms with Crippen LogP contribution in [-0.2, 0) is 11.2 Å². The van der Waals surface area contributed by atoms with Gasteiger partial charge in [0.2, 0.25) is 0 Å². The number of carboxylic acid groups (broad SMARTS) is 1. The van der Waals surface area contributed by atoms with Crippen LogP contribution in [0.2, 0.25) is 0 Å². The van der Waals surface area contributed by atoms with Crippen molar-refractivity contribution in [2.75, 3.05) is 0 Å². The zero-order valence-corrected chi connectivity index (χ0v) is 10.5. The third-order valence-corrected chi connectivity index (χ3v) is 3.71. The minimum Gasteiger partial charge on any atom is -0.481 e. The molecule has 2 aromatic rings. The fraction of sp³-hybridized carbons (Fsp3) is 0.231. The van der Waals surface area contributed by atoms with E-state index in [4.69, 9.17) is 5.11 Å². The molecule has 17 heavy (non-hydrogen) atoms. The van der Waals surface area contributed by atoms with E-state index in [2.05, 4.69) is 4.98 Å². The van der Waals surface area contributed by atoms with Crippen LogP contribution in [0, 0.1) is 13.8 Å². The molecule has 1 aromatic heterocycles. The summed E-state index contributed by atoms with van der Waals surface area (Å²) in [6, 6.07) is 8.09. The maximum Gasteiger partial charge on any atom is 0.308 e. The first-order chi connectivity index (χ1) is 8.06. The number of aryl methyl sites for hydroxylation is 2. The molecule has 0 atom stereocenters. The van der Waals surface area contributed by atoms with Gasteiger partial charge >= 0.3 is 5.97 Å². The number of carbonyl (C=O) groups is 1. The molecule has 1 heterocycles. The summed E-state index contributed by atoms with van der Waals surface area (Å²) in [6.45, 7) is 3.89. The highest BCUT2D eigenvalue weighted by atomic mass is 32.1. The Morgan fingerprint density at radius 2 is 1.94 bits per heavy atom. The van der Waals surface area contributed by atoms with E-state index in [-0.39, 0.29) is 6.42 Å². The van der Waals surface area contributed by atoms with E-state index in [1.165, 1.54) is 16.9 Å². The average molecular weight is 247 g/mol. The molecule has 0 aliphatic heterocycles. The van der Waals surface area contributed by atoms with Gasteiger partial charge in [0.1, 0.15) is 5.01 Å². The van der Waals surface area contributed by atoms with Crippen LogP contribution in [0.4, 0.5) is 0 Å². The van der Waals surface area contributed by atoms with Gasteiger partial charge in [-0.25, -0.2) is 4.98 Å². The van der Waals surface area contributed by atoms with Crippen molar-refractivity contribution in [2.24, 2.45) is 0 Å². The van der Waals surface area contributed by atoms with Gasteiger partial charge in [-0.3, -0.25) is 4.79 Å². The molecule has 0 aliphatic carbocycles. The molecule has 1 aromatic carbocycles. The third kappa shape index (κ3) is 2.71. The fourth-order valence-electron chi connectivity index (χ4n) is 1.55. The molecule has 0 unspecified atom stereocenters. The summed E-state index contributed by atoms with van der Waals surface area (Å²) >= 11 is 1.45. The van der Waals surface area contributed by atoms with E-state index >= 15 is 0 Å². The van der Waals surface area contributed by atoms with Gasteiger partial charge in [0.25, 0.3) is 0 Å². The van der Waals surface area contributed by atoms with E-state index in [1.54, 1.807) is 0 Å². The van der Waals surface area contributed by atoms with Gasteiger partial charge in [-0.05, 0) is 13.8 Å². The minimum atomic E-state index is -0.813. The van der Waals surface area contributed by atoms with Crippen molar-refractivity contribution in [3.05, 3.63) is 40.4 Å². The number of aromatic nitrogens is 1. The quantitative estimate of drug-likeness (QED) is 0.906. The lowest BCUT2D eigenvalue weighted by atomic mass is 10.2. The third-order valence-electron chi connectivity index (χ3n) is 2.50. The number of thiazole rings is 1. The van der Waals surface area contributed by atoms with Gasteiger partial charge in [0.05, 0.1) is 12.1 Å². The smallest absolute Gasteiger partial charge is 0.308 e. The van der Waals surface area contributed by atoms with Gasteiger partial charge < -0.3 is 5.11 Å². The Bertz CT molecular complexity index is 543. The Kier molecular flexibility index (Phi) is 3.24. The van der Waals surface area contributed by atoms with Crippen LogP contribution in [0.5, 0.6) is 0 Å². The highest BCUT2D eigenvalue weighted by Crippen LogP contribution is 2.28. The van der Waals surface area contributed by atoms with Crippen molar-refractivity contribution in [1.29, 1.82) is 0 Å². The second kappa shape index (κ2) is 4.67. The molecule has 4 heteroatoms. The first-order valence-corrected chi connectivity index (χ1v) is 6.13. The van der Waals surface area contributed by atoms with E-state index < -0.39 is 5.97 Å². The van der Waals surface area contributed by atoms with E-state index in [9.17, 15) is 4.79 Å². The van der Waals surface area contributed by atoms with Crippen LogP contribution in [0.3, 0.4) is 0 Å². The standard InChI is InChI=1S/C13H13NO2S/c1-8-3-5-10(6-4-8)13-14-9(2)11(17-13)7-12(15)16/h3-6H,7H2,1-2H3,(H,15,16). The molecule has 0 bridgehead atoms. The van der Waals surface area contributed by atoms with E-state index in [1.807, 2.05) is 38.1 Å². The van der Waals surface area contributed by atoms with Crippen LogP contribution in [-0.4, -0.2) is 16.1 Å². The van der Waals surface area contributed by atoms with Gasteiger partial charge in [0, 0.05) is 10.4 Å². The summed E-state index contributed by atoms with van der Waals surface area (Å²) in [7, 11) is 0. The lowest BCUT2D eigenvalue weighted by Crippen LogP contribution is -1.99. The molecule has 0 saturated carbocycles. The zero-order chi connectivity index (χ0) is 12.4. The molecular formula is C13H13NO2S. The fourth-order valence-corrected chi connectivity index (χ4v) is 2.61. The Labute approximate surface area is 104 Å². The number of aliphatic carboxylic acids is 1. The number of rotatable bonds is 3. The topological polar surface area (TPSA) is 50.2 Å². The summed E-state index contributed by atoms with van der Waals surface area (Å²) < 4.78 is 0. The number of hydrogen-bond acceptors (Lipinski definition) is 3. The van der Waals surface area contributed by atoms with E-state index in [0.29, 0.717) is 0 Å². The zero-order valence-electron chi connectivity index (χ0n) is 9.73. The molecule has 2 rings (SSSR count). The van der Waals surface area contributed by atoms with Crippen molar-refractivity contribution in [3.63, 3.8) is 0 Å². The molecule has 88 valence electrons. The number of nitrogens with zero attached hydrogens (tertiary/aromatic N) is 1. The lowest BCUT2D eigenvalue weighted by Gasteiger charge is -1.96. The molecule has 0 saturated heterocycles. The highest BCUT2D eigenvalue weighted by molar-refractivity contribution is 7.15.